The van der Waals surface area contributed by atoms with Gasteiger partial charge >= 0.3 is 29.2 Å². The lowest BCUT2D eigenvalue weighted by molar-refractivity contribution is -0.137. The second-order valence-corrected chi connectivity index (χ2v) is 8.95. The number of aromatic nitrogens is 2. The van der Waals surface area contributed by atoms with Crippen molar-refractivity contribution in [2.75, 3.05) is 12.3 Å². The highest BCUT2D eigenvalue weighted by molar-refractivity contribution is 7.45. The predicted octanol–water partition coefficient (Wildman–Crippen LogP) is -5.17. The Hall–Kier alpha value is -1.15. The lowest BCUT2D eigenvalue weighted by Gasteiger charge is -2.29. The van der Waals surface area contributed by atoms with Crippen LogP contribution in [0.4, 0.5) is 5.82 Å². The number of nitrogens with zero attached hydrogens (tertiary/aromatic N) is 2. The Morgan fingerprint density at radius 2 is 1.36 bits per heavy atom. The minimum absolute atomic E-state index is 0.0478. The van der Waals surface area contributed by atoms with Crippen LogP contribution in [0.2, 0.25) is 0 Å². The molecule has 0 amide bonds. The van der Waals surface area contributed by atoms with Gasteiger partial charge in [-0.15, -0.1) is 0 Å². The van der Waals surface area contributed by atoms with Crippen LogP contribution in [-0.2, 0) is 24.2 Å². The molecule has 0 bridgehead atoms. The minimum Gasteiger partial charge on any atom is -0.394 e. The summed E-state index contributed by atoms with van der Waals surface area (Å²) in [5, 5.41) is 28.7. The minimum atomic E-state index is -4.64. The predicted molar refractivity (Wildman–Crippen MR) is 103 cm³/mol. The van der Waals surface area contributed by atoms with Gasteiger partial charge in [0, 0.05) is 6.20 Å². The van der Waals surface area contributed by atoms with Crippen LogP contribution in [0.3, 0.4) is 0 Å². The highest BCUT2D eigenvalue weighted by atomic mass is 31.2. The zero-order valence-electron chi connectivity index (χ0n) is 16.3. The number of phosphoric acid groups is 3. The lowest BCUT2D eigenvalue weighted by Crippen LogP contribution is -2.48. The fraction of sp³-hybridized carbons (Fsp3) is 0.600. The number of aliphatic hydroxyl groups excluding tert-OH is 3. The van der Waals surface area contributed by atoms with Gasteiger partial charge in [-0.1, -0.05) is 0 Å². The maximum atomic E-state index is 11.7. The zero-order valence-corrected chi connectivity index (χ0v) is 19.0. The maximum absolute atomic E-state index is 11.7. The van der Waals surface area contributed by atoms with Crippen molar-refractivity contribution < 1.29 is 77.8 Å². The van der Waals surface area contributed by atoms with Gasteiger partial charge in [-0.25, -0.2) is 18.5 Å². The molecular formula is C10H24N3O17P3. The van der Waals surface area contributed by atoms with Gasteiger partial charge in [0.1, 0.15) is 24.1 Å². The summed E-state index contributed by atoms with van der Waals surface area (Å²) in [5.41, 5.74) is 3.17. The molecule has 0 saturated carbocycles. The summed E-state index contributed by atoms with van der Waals surface area (Å²) >= 11 is 0. The van der Waals surface area contributed by atoms with Crippen molar-refractivity contribution in [2.45, 2.75) is 31.0 Å². The van der Waals surface area contributed by atoms with Crippen LogP contribution in [-0.4, -0.2) is 93.8 Å². The van der Waals surface area contributed by atoms with E-state index in [-0.39, 0.29) is 5.82 Å². The van der Waals surface area contributed by atoms with E-state index in [0.717, 1.165) is 4.57 Å². The van der Waals surface area contributed by atoms with Gasteiger partial charge in [0.05, 0.1) is 6.61 Å². The summed E-state index contributed by atoms with van der Waals surface area (Å²) in [6.07, 6.45) is -2.29. The Morgan fingerprint density at radius 1 is 1.00 bits per heavy atom. The second-order valence-electron chi connectivity index (χ2n) is 5.87. The molecule has 1 aromatic heterocycles. The van der Waals surface area contributed by atoms with E-state index in [1.807, 2.05) is 0 Å². The first-order valence-corrected chi connectivity index (χ1v) is 12.4. The van der Waals surface area contributed by atoms with Crippen LogP contribution in [0.15, 0.2) is 17.1 Å². The first-order valence-electron chi connectivity index (χ1n) is 7.75. The summed E-state index contributed by atoms with van der Waals surface area (Å²) in [4.78, 5) is 79.9. The molecule has 23 heteroatoms. The quantitative estimate of drug-likeness (QED) is 0.153. The van der Waals surface area contributed by atoms with Crippen LogP contribution >= 0.6 is 23.5 Å². The number of aliphatic hydroxyl groups is 3. The molecule has 1 aliphatic rings. The Bertz CT molecular complexity index is 866. The third kappa shape index (κ3) is 17.0. The van der Waals surface area contributed by atoms with E-state index in [1.54, 1.807) is 0 Å². The molecule has 2 rings (SSSR count). The fourth-order valence-corrected chi connectivity index (χ4v) is 2.06. The van der Waals surface area contributed by atoms with E-state index in [9.17, 15) is 15.0 Å². The SMILES string of the molecule is C[C@@]1(n2ccc(N)nc2=O)O[C@H](CO)[C@@H](O)[C@H]1O.O=P(O)(O)O.O=P(O)(O)O.O=P(O)(O)O. The van der Waals surface area contributed by atoms with Gasteiger partial charge in [-0.3, -0.25) is 4.57 Å². The molecule has 4 atom stereocenters. The molecule has 1 saturated heterocycles. The smallest absolute Gasteiger partial charge is 0.394 e. The van der Waals surface area contributed by atoms with Crippen LogP contribution in [0, 0.1) is 0 Å². The number of rotatable bonds is 2. The van der Waals surface area contributed by atoms with Crippen molar-refractivity contribution >= 4 is 29.3 Å². The number of hydrogen-bond donors (Lipinski definition) is 13. The molecule has 1 aromatic rings. The summed E-state index contributed by atoms with van der Waals surface area (Å²) in [6, 6.07) is 1.38. The molecule has 0 spiro atoms. The second kappa shape index (κ2) is 13.1. The highest BCUT2D eigenvalue weighted by Gasteiger charge is 2.52. The molecule has 0 aromatic carbocycles. The number of hydrogen-bond acceptors (Lipinski definition) is 10. The number of anilines is 1. The molecule has 0 unspecified atom stereocenters. The van der Waals surface area contributed by atoms with Gasteiger partial charge < -0.3 is 69.8 Å². The third-order valence-corrected chi connectivity index (χ3v) is 3.13. The lowest BCUT2D eigenvalue weighted by atomic mass is 10.0. The van der Waals surface area contributed by atoms with Crippen molar-refractivity contribution in [3.63, 3.8) is 0 Å². The van der Waals surface area contributed by atoms with E-state index in [2.05, 4.69) is 4.98 Å². The largest absolute Gasteiger partial charge is 0.466 e. The van der Waals surface area contributed by atoms with Crippen molar-refractivity contribution in [3.8, 4) is 0 Å². The Labute approximate surface area is 183 Å². The monoisotopic (exact) mass is 551 g/mol. The molecule has 1 fully saturated rings. The summed E-state index contributed by atoms with van der Waals surface area (Å²) in [6.45, 7) is 0.959. The average molecular weight is 551 g/mol. The summed E-state index contributed by atoms with van der Waals surface area (Å²) in [7, 11) is -13.9. The van der Waals surface area contributed by atoms with Crippen molar-refractivity contribution in [1.29, 1.82) is 0 Å². The first-order chi connectivity index (χ1) is 14.4. The molecule has 33 heavy (non-hydrogen) atoms. The Kier molecular flexibility index (Phi) is 13.5. The van der Waals surface area contributed by atoms with Gasteiger partial charge in [-0.05, 0) is 13.0 Å². The van der Waals surface area contributed by atoms with Crippen LogP contribution < -0.4 is 11.4 Å². The highest BCUT2D eigenvalue weighted by Crippen LogP contribution is 2.34. The summed E-state index contributed by atoms with van der Waals surface area (Å²) < 4.78 is 33.0. The Morgan fingerprint density at radius 3 is 1.64 bits per heavy atom. The van der Waals surface area contributed by atoms with E-state index < -0.39 is 59.8 Å². The van der Waals surface area contributed by atoms with Crippen molar-refractivity contribution in [3.05, 3.63) is 22.7 Å². The molecule has 1 aliphatic heterocycles. The molecule has 0 radical (unpaired) electrons. The molecule has 0 aliphatic carbocycles. The molecule has 20 nitrogen and oxygen atoms in total. The van der Waals surface area contributed by atoms with Crippen LogP contribution in [0.1, 0.15) is 6.92 Å². The normalized spacial score (nSPS) is 24.9. The number of ether oxygens (including phenoxy) is 1. The first kappa shape index (κ1) is 34.0. The molecule has 196 valence electrons. The van der Waals surface area contributed by atoms with Crippen molar-refractivity contribution in [1.82, 2.24) is 9.55 Å². The van der Waals surface area contributed by atoms with Crippen LogP contribution in [0.25, 0.3) is 0 Å². The van der Waals surface area contributed by atoms with E-state index in [0.29, 0.717) is 0 Å². The van der Waals surface area contributed by atoms with Gasteiger partial charge in [0.2, 0.25) is 0 Å². The number of nitrogens with two attached hydrogens (primary N) is 1. The van der Waals surface area contributed by atoms with E-state index in [4.69, 9.17) is 73.3 Å². The molecule has 2 heterocycles. The van der Waals surface area contributed by atoms with Gasteiger partial charge in [-0.2, -0.15) is 4.98 Å². The Balaban J connectivity index is 0. The summed E-state index contributed by atoms with van der Waals surface area (Å²) in [5.74, 6) is 0.0478. The van der Waals surface area contributed by atoms with Crippen molar-refractivity contribution in [2.24, 2.45) is 0 Å². The molecular weight excluding hydrogens is 527 g/mol. The topological polar surface area (TPSA) is 364 Å². The zero-order chi connectivity index (χ0) is 27.0. The average Bonchev–Trinajstić information content (AvgIpc) is 2.74. The number of nitrogen functional groups attached to an aromatic ring is 1. The van der Waals surface area contributed by atoms with Crippen LogP contribution in [0.5, 0.6) is 0 Å². The van der Waals surface area contributed by atoms with E-state index >= 15 is 0 Å². The fourth-order valence-electron chi connectivity index (χ4n) is 2.06. The molecule has 14 N–H and O–H groups in total. The van der Waals surface area contributed by atoms with Gasteiger partial charge in [0.25, 0.3) is 0 Å². The maximum Gasteiger partial charge on any atom is 0.466 e. The van der Waals surface area contributed by atoms with E-state index in [1.165, 1.54) is 19.2 Å². The standard InChI is InChI=1S/C10H15N3O5.3H3O4P/c1-10(8(16)7(15)5(4-14)18-10)13-3-2-6(11)12-9(13)17;3*1-5(2,3)4/h2-3,5,7-8,14-16H,4H2,1H3,(H2,11,12,17);3*(H3,1,2,3,4)/t5-,7-,8-,10-;;;/m1.../s1. The third-order valence-electron chi connectivity index (χ3n) is 3.13. The van der Waals surface area contributed by atoms with Gasteiger partial charge in [0.15, 0.2) is 5.72 Å².